The zero-order chi connectivity index (χ0) is 23.1. The van der Waals surface area contributed by atoms with E-state index in [-0.39, 0.29) is 29.6 Å². The number of nitrogens with one attached hydrogen (secondary N) is 1. The average Bonchev–Trinajstić information content (AvgIpc) is 2.71. The van der Waals surface area contributed by atoms with Crippen molar-refractivity contribution >= 4 is 23.3 Å². The summed E-state index contributed by atoms with van der Waals surface area (Å²) in [6.07, 6.45) is -1.15. The number of hydrogen-bond acceptors (Lipinski definition) is 7. The molecule has 1 unspecified atom stereocenters. The summed E-state index contributed by atoms with van der Waals surface area (Å²) in [4.78, 5) is 35.0. The summed E-state index contributed by atoms with van der Waals surface area (Å²) < 4.78 is 15.9. The monoisotopic (exact) mass is 430 g/mol. The van der Waals surface area contributed by atoms with Crippen LogP contribution in [-0.2, 0) is 14.3 Å². The zero-order valence-electron chi connectivity index (χ0n) is 18.1. The second-order valence-corrected chi connectivity index (χ2v) is 7.25. The van der Waals surface area contributed by atoms with Gasteiger partial charge in [0.2, 0.25) is 0 Å². The summed E-state index contributed by atoms with van der Waals surface area (Å²) in [6, 6.07) is 9.55. The Morgan fingerprint density at radius 2 is 1.81 bits per heavy atom. The van der Waals surface area contributed by atoms with E-state index in [0.29, 0.717) is 5.75 Å². The van der Waals surface area contributed by atoms with Gasteiger partial charge in [-0.1, -0.05) is 26.0 Å². The van der Waals surface area contributed by atoms with Crippen molar-refractivity contribution in [3.63, 3.8) is 0 Å². The predicted molar refractivity (Wildman–Crippen MR) is 115 cm³/mol. The van der Waals surface area contributed by atoms with Crippen molar-refractivity contribution < 1.29 is 28.7 Å². The van der Waals surface area contributed by atoms with Crippen LogP contribution in [0.25, 0.3) is 0 Å². The molecule has 166 valence electrons. The Balaban J connectivity index is 1.99. The van der Waals surface area contributed by atoms with Crippen LogP contribution in [0.1, 0.15) is 37.8 Å². The number of amides is 1. The maximum atomic E-state index is 12.4. The number of carbonyl (C=O) groups is 2. The summed E-state index contributed by atoms with van der Waals surface area (Å²) >= 11 is 0. The maximum Gasteiger partial charge on any atom is 0.344 e. The van der Waals surface area contributed by atoms with Crippen LogP contribution in [0.4, 0.5) is 11.4 Å². The molecule has 1 atom stereocenters. The summed E-state index contributed by atoms with van der Waals surface area (Å²) in [5, 5.41) is 13.4. The van der Waals surface area contributed by atoms with Crippen molar-refractivity contribution in [3.05, 3.63) is 57.6 Å². The van der Waals surface area contributed by atoms with Gasteiger partial charge in [0.15, 0.2) is 12.7 Å². The van der Waals surface area contributed by atoms with Crippen LogP contribution in [0.15, 0.2) is 36.4 Å². The van der Waals surface area contributed by atoms with Crippen LogP contribution in [0.5, 0.6) is 11.5 Å². The number of methoxy groups -OCH3 is 1. The molecule has 0 saturated carbocycles. The van der Waals surface area contributed by atoms with Crippen molar-refractivity contribution in [1.29, 1.82) is 0 Å². The molecular formula is C22H26N2O7. The number of carbonyl (C=O) groups excluding carboxylic acids is 2. The SMILES string of the molecule is COc1ccc([N+](=O)[O-])cc1NC(=O)C(C)OC(=O)COc1cc(C)ccc1C(C)C. The fourth-order valence-electron chi connectivity index (χ4n) is 2.81. The van der Waals surface area contributed by atoms with Crippen LogP contribution in [0.2, 0.25) is 0 Å². The fourth-order valence-corrected chi connectivity index (χ4v) is 2.81. The number of benzene rings is 2. The van der Waals surface area contributed by atoms with Gasteiger partial charge in [-0.3, -0.25) is 14.9 Å². The first-order valence-electron chi connectivity index (χ1n) is 9.68. The van der Waals surface area contributed by atoms with E-state index in [1.807, 2.05) is 39.0 Å². The van der Waals surface area contributed by atoms with Crippen molar-refractivity contribution in [2.24, 2.45) is 0 Å². The van der Waals surface area contributed by atoms with Crippen molar-refractivity contribution in [2.45, 2.75) is 39.7 Å². The number of nitrogens with zero attached hydrogens (tertiary/aromatic N) is 1. The highest BCUT2D eigenvalue weighted by atomic mass is 16.6. The van der Waals surface area contributed by atoms with E-state index in [1.165, 1.54) is 32.2 Å². The summed E-state index contributed by atoms with van der Waals surface area (Å²) in [5.41, 5.74) is 1.84. The van der Waals surface area contributed by atoms with Gasteiger partial charge in [-0.25, -0.2) is 4.79 Å². The normalized spacial score (nSPS) is 11.5. The number of esters is 1. The van der Waals surface area contributed by atoms with Gasteiger partial charge in [0, 0.05) is 12.1 Å². The molecule has 2 rings (SSSR count). The molecule has 0 bridgehead atoms. The van der Waals surface area contributed by atoms with Gasteiger partial charge in [0.25, 0.3) is 11.6 Å². The number of anilines is 1. The van der Waals surface area contributed by atoms with Crippen LogP contribution in [0, 0.1) is 17.0 Å². The molecule has 1 amide bonds. The Labute approximate surface area is 180 Å². The second-order valence-electron chi connectivity index (χ2n) is 7.25. The highest BCUT2D eigenvalue weighted by Crippen LogP contribution is 2.29. The Morgan fingerprint density at radius 1 is 1.10 bits per heavy atom. The van der Waals surface area contributed by atoms with Crippen LogP contribution < -0.4 is 14.8 Å². The van der Waals surface area contributed by atoms with Gasteiger partial charge in [-0.2, -0.15) is 0 Å². The van der Waals surface area contributed by atoms with Crippen LogP contribution >= 0.6 is 0 Å². The summed E-state index contributed by atoms with van der Waals surface area (Å²) in [5.74, 6) is -0.344. The maximum absolute atomic E-state index is 12.4. The van der Waals surface area contributed by atoms with E-state index >= 15 is 0 Å². The molecule has 0 aliphatic heterocycles. The Morgan fingerprint density at radius 3 is 2.42 bits per heavy atom. The number of non-ortho nitro benzene ring substituents is 1. The largest absolute Gasteiger partial charge is 0.495 e. The number of nitro benzene ring substituents is 1. The molecule has 0 aliphatic rings. The smallest absolute Gasteiger partial charge is 0.344 e. The van der Waals surface area contributed by atoms with Crippen molar-refractivity contribution in [2.75, 3.05) is 19.0 Å². The molecule has 0 aromatic heterocycles. The van der Waals surface area contributed by atoms with Gasteiger partial charge in [0.05, 0.1) is 17.7 Å². The third-order valence-corrected chi connectivity index (χ3v) is 4.47. The lowest BCUT2D eigenvalue weighted by atomic mass is 10.0. The molecular weight excluding hydrogens is 404 g/mol. The Bertz CT molecular complexity index is 972. The third kappa shape index (κ3) is 6.43. The average molecular weight is 430 g/mol. The minimum Gasteiger partial charge on any atom is -0.495 e. The first-order chi connectivity index (χ1) is 14.6. The highest BCUT2D eigenvalue weighted by Gasteiger charge is 2.21. The lowest BCUT2D eigenvalue weighted by Crippen LogP contribution is -2.31. The third-order valence-electron chi connectivity index (χ3n) is 4.47. The molecule has 2 aromatic rings. The van der Waals surface area contributed by atoms with Gasteiger partial charge in [-0.15, -0.1) is 0 Å². The van der Waals surface area contributed by atoms with E-state index in [4.69, 9.17) is 14.2 Å². The van der Waals surface area contributed by atoms with Crippen LogP contribution in [-0.4, -0.2) is 36.6 Å². The van der Waals surface area contributed by atoms with E-state index in [1.54, 1.807) is 0 Å². The Hall–Kier alpha value is -3.62. The first-order valence-corrected chi connectivity index (χ1v) is 9.68. The molecule has 0 saturated heterocycles. The second kappa shape index (κ2) is 10.4. The molecule has 31 heavy (non-hydrogen) atoms. The van der Waals surface area contributed by atoms with Gasteiger partial charge < -0.3 is 19.5 Å². The number of rotatable bonds is 9. The standard InChI is InChI=1S/C22H26N2O7/c1-13(2)17-8-6-14(3)10-20(17)30-12-21(25)31-15(4)22(26)23-18-11-16(24(27)28)7-9-19(18)29-5/h6-11,13,15H,12H2,1-5H3,(H,23,26). The lowest BCUT2D eigenvalue weighted by molar-refractivity contribution is -0.384. The number of aryl methyl sites for hydroxylation is 1. The van der Waals surface area contributed by atoms with Gasteiger partial charge in [-0.05, 0) is 43.0 Å². The molecule has 0 spiro atoms. The fraction of sp³-hybridized carbons (Fsp3) is 0.364. The van der Waals surface area contributed by atoms with Crippen molar-refractivity contribution in [3.8, 4) is 11.5 Å². The molecule has 0 radical (unpaired) electrons. The predicted octanol–water partition coefficient (Wildman–Crippen LogP) is 3.98. The molecule has 2 aromatic carbocycles. The van der Waals surface area contributed by atoms with E-state index in [9.17, 15) is 19.7 Å². The van der Waals surface area contributed by atoms with Crippen molar-refractivity contribution in [1.82, 2.24) is 0 Å². The van der Waals surface area contributed by atoms with E-state index < -0.39 is 22.9 Å². The number of hydrogen-bond donors (Lipinski definition) is 1. The quantitative estimate of drug-likeness (QED) is 0.363. The highest BCUT2D eigenvalue weighted by molar-refractivity contribution is 5.96. The zero-order valence-corrected chi connectivity index (χ0v) is 18.1. The minimum absolute atomic E-state index is 0.0992. The van der Waals surface area contributed by atoms with Crippen LogP contribution in [0.3, 0.4) is 0 Å². The summed E-state index contributed by atoms with van der Waals surface area (Å²) in [6.45, 7) is 6.99. The molecule has 9 heteroatoms. The van der Waals surface area contributed by atoms with Gasteiger partial charge in [0.1, 0.15) is 11.5 Å². The van der Waals surface area contributed by atoms with E-state index in [0.717, 1.165) is 11.1 Å². The topological polar surface area (TPSA) is 117 Å². The number of nitro groups is 1. The molecule has 0 aliphatic carbocycles. The molecule has 0 heterocycles. The Kier molecular flexibility index (Phi) is 7.95. The summed E-state index contributed by atoms with van der Waals surface area (Å²) in [7, 11) is 1.37. The number of ether oxygens (including phenoxy) is 3. The molecule has 1 N–H and O–H groups in total. The minimum atomic E-state index is -1.15. The molecule has 9 nitrogen and oxygen atoms in total. The first kappa shape index (κ1) is 23.7. The van der Waals surface area contributed by atoms with Gasteiger partial charge >= 0.3 is 5.97 Å². The van der Waals surface area contributed by atoms with E-state index in [2.05, 4.69) is 5.32 Å². The molecule has 0 fully saturated rings. The lowest BCUT2D eigenvalue weighted by Gasteiger charge is -2.17.